The second-order valence-corrected chi connectivity index (χ2v) is 8.92. The third-order valence-electron chi connectivity index (χ3n) is 6.95. The molecule has 5 rings (SSSR count). The van der Waals surface area contributed by atoms with Gasteiger partial charge < -0.3 is 14.7 Å². The van der Waals surface area contributed by atoms with Gasteiger partial charge in [-0.2, -0.15) is 0 Å². The van der Waals surface area contributed by atoms with Crippen LogP contribution in [0.15, 0.2) is 31.0 Å². The molecule has 0 amide bonds. The molecular formula is C25H32N4O2. The molecule has 6 nitrogen and oxygen atoms in total. The number of ether oxygens (including phenoxy) is 1. The quantitative estimate of drug-likeness (QED) is 0.679. The maximum Gasteiger partial charge on any atom is 0.225 e. The third kappa shape index (κ3) is 3.78. The van der Waals surface area contributed by atoms with Crippen LogP contribution in [0.5, 0.6) is 11.5 Å². The van der Waals surface area contributed by atoms with Crippen molar-refractivity contribution in [3.63, 3.8) is 0 Å². The molecule has 0 saturated carbocycles. The first-order chi connectivity index (χ1) is 15.2. The summed E-state index contributed by atoms with van der Waals surface area (Å²) in [5, 5.41) is 10.5. The zero-order valence-electron chi connectivity index (χ0n) is 18.4. The minimum atomic E-state index is 0.236. The molecule has 31 heavy (non-hydrogen) atoms. The summed E-state index contributed by atoms with van der Waals surface area (Å²) in [6.45, 7) is 9.30. The number of aromatic hydroxyl groups is 1. The second kappa shape index (κ2) is 8.50. The minimum absolute atomic E-state index is 0.236. The van der Waals surface area contributed by atoms with Crippen molar-refractivity contribution in [3.05, 3.63) is 53.4 Å². The van der Waals surface area contributed by atoms with Crippen molar-refractivity contribution in [1.82, 2.24) is 14.9 Å². The van der Waals surface area contributed by atoms with Gasteiger partial charge >= 0.3 is 0 Å². The highest BCUT2D eigenvalue weighted by molar-refractivity contribution is 5.49. The molecule has 164 valence electrons. The summed E-state index contributed by atoms with van der Waals surface area (Å²) in [7, 11) is 0. The van der Waals surface area contributed by atoms with Gasteiger partial charge in [0, 0.05) is 55.5 Å². The van der Waals surface area contributed by atoms with Crippen molar-refractivity contribution in [2.45, 2.75) is 64.1 Å². The molecule has 0 aliphatic carbocycles. The van der Waals surface area contributed by atoms with Gasteiger partial charge in [0.1, 0.15) is 0 Å². The van der Waals surface area contributed by atoms with E-state index in [0.717, 1.165) is 44.0 Å². The van der Waals surface area contributed by atoms with E-state index in [9.17, 15) is 5.11 Å². The van der Waals surface area contributed by atoms with Gasteiger partial charge in [-0.3, -0.25) is 4.90 Å². The fraction of sp³-hybridized carbons (Fsp3) is 0.520. The lowest BCUT2D eigenvalue weighted by Gasteiger charge is -2.36. The number of hydrogen-bond acceptors (Lipinski definition) is 6. The molecule has 0 unspecified atom stereocenters. The predicted octanol–water partition coefficient (Wildman–Crippen LogP) is 4.17. The molecule has 1 N–H and O–H groups in total. The average Bonchev–Trinajstić information content (AvgIpc) is 3.39. The maximum absolute atomic E-state index is 10.5. The molecule has 2 atom stereocenters. The maximum atomic E-state index is 10.5. The van der Waals surface area contributed by atoms with Crippen LogP contribution >= 0.6 is 0 Å². The summed E-state index contributed by atoms with van der Waals surface area (Å²) in [5.74, 6) is 1.72. The smallest absolute Gasteiger partial charge is 0.225 e. The zero-order valence-corrected chi connectivity index (χ0v) is 18.4. The van der Waals surface area contributed by atoms with E-state index < -0.39 is 0 Å². The molecule has 1 aromatic carbocycles. The average molecular weight is 421 g/mol. The van der Waals surface area contributed by atoms with Gasteiger partial charge in [-0.1, -0.05) is 12.1 Å². The van der Waals surface area contributed by atoms with Crippen molar-refractivity contribution in [1.29, 1.82) is 0 Å². The third-order valence-corrected chi connectivity index (χ3v) is 6.95. The Morgan fingerprint density at radius 3 is 2.87 bits per heavy atom. The number of fused-ring (bicyclic) bond motifs is 4. The Morgan fingerprint density at radius 1 is 1.26 bits per heavy atom. The van der Waals surface area contributed by atoms with E-state index in [4.69, 9.17) is 14.7 Å². The van der Waals surface area contributed by atoms with Crippen LogP contribution in [0, 0.1) is 0 Å². The summed E-state index contributed by atoms with van der Waals surface area (Å²) in [5.41, 5.74) is 4.59. The van der Waals surface area contributed by atoms with E-state index >= 15 is 0 Å². The van der Waals surface area contributed by atoms with Crippen molar-refractivity contribution < 1.29 is 9.84 Å². The molecule has 0 radical (unpaired) electrons. The largest absolute Gasteiger partial charge is 0.504 e. The number of hydrogen-bond donors (Lipinski definition) is 1. The van der Waals surface area contributed by atoms with Gasteiger partial charge in [0.25, 0.3) is 0 Å². The van der Waals surface area contributed by atoms with E-state index in [1.807, 2.05) is 19.1 Å². The van der Waals surface area contributed by atoms with E-state index in [1.165, 1.54) is 36.1 Å². The number of benzene rings is 1. The van der Waals surface area contributed by atoms with Crippen LogP contribution in [0.3, 0.4) is 0 Å². The Kier molecular flexibility index (Phi) is 5.57. The van der Waals surface area contributed by atoms with Crippen molar-refractivity contribution in [2.75, 3.05) is 24.6 Å². The topological polar surface area (TPSA) is 61.7 Å². The first-order valence-corrected chi connectivity index (χ1v) is 11.6. The second-order valence-electron chi connectivity index (χ2n) is 8.92. The molecule has 0 spiro atoms. The summed E-state index contributed by atoms with van der Waals surface area (Å²) in [6, 6.07) is 4.97. The first kappa shape index (κ1) is 20.3. The Bertz CT molecular complexity index is 970. The Labute approximate surface area is 184 Å². The number of aromatic nitrogens is 2. The number of rotatable bonds is 7. The zero-order chi connectivity index (χ0) is 21.4. The Hall–Kier alpha value is -2.60. The van der Waals surface area contributed by atoms with E-state index in [-0.39, 0.29) is 5.75 Å². The molecule has 2 bridgehead atoms. The summed E-state index contributed by atoms with van der Waals surface area (Å²) in [4.78, 5) is 14.7. The molecule has 3 aliphatic heterocycles. The summed E-state index contributed by atoms with van der Waals surface area (Å²) < 4.78 is 5.71. The van der Waals surface area contributed by atoms with Gasteiger partial charge in [-0.25, -0.2) is 9.97 Å². The van der Waals surface area contributed by atoms with Gasteiger partial charge in [0.2, 0.25) is 5.95 Å². The van der Waals surface area contributed by atoms with Crippen molar-refractivity contribution >= 4 is 5.95 Å². The van der Waals surface area contributed by atoms with Crippen LogP contribution in [0.25, 0.3) is 0 Å². The molecule has 1 aromatic heterocycles. The molecular weight excluding hydrogens is 388 g/mol. The van der Waals surface area contributed by atoms with Crippen LogP contribution < -0.4 is 9.64 Å². The van der Waals surface area contributed by atoms with Crippen LogP contribution in [-0.2, 0) is 19.4 Å². The first-order valence-electron chi connectivity index (χ1n) is 11.6. The van der Waals surface area contributed by atoms with E-state index in [0.29, 0.717) is 30.9 Å². The van der Waals surface area contributed by atoms with Crippen molar-refractivity contribution in [3.8, 4) is 11.5 Å². The summed E-state index contributed by atoms with van der Waals surface area (Å²) >= 11 is 0. The lowest BCUT2D eigenvalue weighted by Crippen LogP contribution is -2.38. The number of nitrogens with zero attached hydrogens (tertiary/aromatic N) is 4. The number of phenolic OH excluding ortho intramolecular Hbond substituents is 1. The number of anilines is 1. The minimum Gasteiger partial charge on any atom is -0.504 e. The van der Waals surface area contributed by atoms with Gasteiger partial charge in [-0.05, 0) is 50.7 Å². The van der Waals surface area contributed by atoms with Gasteiger partial charge in [-0.15, -0.1) is 6.58 Å². The molecule has 2 saturated heterocycles. The van der Waals surface area contributed by atoms with E-state index in [2.05, 4.69) is 28.6 Å². The van der Waals surface area contributed by atoms with Gasteiger partial charge in [0.15, 0.2) is 11.5 Å². The molecule has 4 heterocycles. The highest BCUT2D eigenvalue weighted by Gasteiger charge is 2.41. The van der Waals surface area contributed by atoms with Crippen LogP contribution in [0.4, 0.5) is 5.95 Å². The molecule has 6 heteroatoms. The van der Waals surface area contributed by atoms with Crippen molar-refractivity contribution in [2.24, 2.45) is 0 Å². The highest BCUT2D eigenvalue weighted by Crippen LogP contribution is 2.44. The summed E-state index contributed by atoms with van der Waals surface area (Å²) in [6.07, 6.45) is 10.3. The standard InChI is InChI=1S/C25H32N4O2/c1-3-7-18-12-17(13-23(24(18)30)31-4-2)16-29-19-8-9-22(29)20-15-26-25(27-21(20)14-19)28-10-5-6-11-28/h3,12-13,15,19,22,30H,1,4-11,14,16H2,2H3/t19-,22-/m1/s1. The molecule has 2 fully saturated rings. The normalized spacial score (nSPS) is 22.5. The highest BCUT2D eigenvalue weighted by atomic mass is 16.5. The SMILES string of the molecule is C=CCc1cc(CN2[C@@H]3CC[C@@H]2c2cnc(N4CCCC4)nc2C3)cc(OCC)c1O. The molecule has 3 aliphatic rings. The Balaban J connectivity index is 1.41. The van der Waals surface area contributed by atoms with Gasteiger partial charge in [0.05, 0.1) is 12.3 Å². The van der Waals surface area contributed by atoms with E-state index in [1.54, 1.807) is 0 Å². The Morgan fingerprint density at radius 2 is 2.10 bits per heavy atom. The van der Waals surface area contributed by atoms with Crippen LogP contribution in [0.1, 0.15) is 61.0 Å². The lowest BCUT2D eigenvalue weighted by atomic mass is 9.97. The lowest BCUT2D eigenvalue weighted by molar-refractivity contribution is 0.166. The number of allylic oxidation sites excluding steroid dienone is 1. The molecule has 2 aromatic rings. The van der Waals surface area contributed by atoms with Crippen LogP contribution in [-0.4, -0.2) is 45.7 Å². The fourth-order valence-electron chi connectivity index (χ4n) is 5.49. The fourth-order valence-corrected chi connectivity index (χ4v) is 5.49. The predicted molar refractivity (Wildman–Crippen MR) is 122 cm³/mol. The number of phenols is 1. The van der Waals surface area contributed by atoms with Crippen LogP contribution in [0.2, 0.25) is 0 Å². The monoisotopic (exact) mass is 420 g/mol.